The predicted molar refractivity (Wildman–Crippen MR) is 90.3 cm³/mol. The number of hydrogen-bond acceptors (Lipinski definition) is 4. The van der Waals surface area contributed by atoms with E-state index >= 15 is 0 Å². The number of nitrogens with zero attached hydrogens (tertiary/aromatic N) is 3. The lowest BCUT2D eigenvalue weighted by Crippen LogP contribution is -2.25. The highest BCUT2D eigenvalue weighted by molar-refractivity contribution is 5.20. The van der Waals surface area contributed by atoms with E-state index in [0.717, 1.165) is 31.0 Å². The van der Waals surface area contributed by atoms with Gasteiger partial charge in [0, 0.05) is 38.6 Å². The van der Waals surface area contributed by atoms with Crippen LogP contribution >= 0.6 is 0 Å². The molecule has 0 bridgehead atoms. The Hall–Kier alpha value is -2.04. The SMILES string of the molecule is Cc1cccnc1CN(C/C=C\CN)Cc1ncccc1C. The van der Waals surface area contributed by atoms with E-state index in [2.05, 4.69) is 46.9 Å². The molecule has 0 spiro atoms. The molecular weight excluding hydrogens is 272 g/mol. The Morgan fingerprint density at radius 2 is 1.50 bits per heavy atom. The summed E-state index contributed by atoms with van der Waals surface area (Å²) in [4.78, 5) is 11.3. The van der Waals surface area contributed by atoms with Crippen LogP contribution in [-0.4, -0.2) is 28.0 Å². The highest BCUT2D eigenvalue weighted by Gasteiger charge is 2.10. The quantitative estimate of drug-likeness (QED) is 0.798. The molecule has 2 aromatic rings. The molecule has 116 valence electrons. The highest BCUT2D eigenvalue weighted by Crippen LogP contribution is 2.12. The van der Waals surface area contributed by atoms with Crippen LogP contribution in [0.15, 0.2) is 48.8 Å². The molecule has 0 amide bonds. The summed E-state index contributed by atoms with van der Waals surface area (Å²) in [5.74, 6) is 0. The van der Waals surface area contributed by atoms with E-state index in [1.807, 2.05) is 30.6 Å². The fourth-order valence-corrected chi connectivity index (χ4v) is 2.30. The minimum atomic E-state index is 0.569. The summed E-state index contributed by atoms with van der Waals surface area (Å²) in [5.41, 5.74) is 10.2. The molecular formula is C18H24N4. The number of nitrogens with two attached hydrogens (primary N) is 1. The number of aromatic nitrogens is 2. The Morgan fingerprint density at radius 1 is 0.955 bits per heavy atom. The van der Waals surface area contributed by atoms with Gasteiger partial charge in [0.1, 0.15) is 0 Å². The second kappa shape index (κ2) is 8.41. The second-order valence-electron chi connectivity index (χ2n) is 5.41. The average Bonchev–Trinajstić information content (AvgIpc) is 2.52. The van der Waals surface area contributed by atoms with Gasteiger partial charge in [0.2, 0.25) is 0 Å². The number of rotatable bonds is 7. The zero-order chi connectivity index (χ0) is 15.8. The van der Waals surface area contributed by atoms with Crippen LogP contribution in [0.5, 0.6) is 0 Å². The van der Waals surface area contributed by atoms with Crippen LogP contribution in [-0.2, 0) is 13.1 Å². The van der Waals surface area contributed by atoms with E-state index in [9.17, 15) is 0 Å². The van der Waals surface area contributed by atoms with Gasteiger partial charge in [-0.3, -0.25) is 14.9 Å². The molecule has 0 fully saturated rings. The van der Waals surface area contributed by atoms with Crippen molar-refractivity contribution in [3.63, 3.8) is 0 Å². The molecule has 2 rings (SSSR count). The van der Waals surface area contributed by atoms with E-state index in [-0.39, 0.29) is 0 Å². The first kappa shape index (κ1) is 16.3. The summed E-state index contributed by atoms with van der Waals surface area (Å²) in [7, 11) is 0. The second-order valence-corrected chi connectivity index (χ2v) is 5.41. The smallest absolute Gasteiger partial charge is 0.0573 e. The molecule has 2 aromatic heterocycles. The first-order valence-electron chi connectivity index (χ1n) is 7.59. The zero-order valence-electron chi connectivity index (χ0n) is 13.4. The maximum atomic E-state index is 5.54. The van der Waals surface area contributed by atoms with E-state index in [0.29, 0.717) is 6.54 Å². The van der Waals surface area contributed by atoms with Crippen molar-refractivity contribution in [3.8, 4) is 0 Å². The van der Waals surface area contributed by atoms with Crippen LogP contribution in [0.1, 0.15) is 22.5 Å². The summed E-state index contributed by atoms with van der Waals surface area (Å²) in [6.07, 6.45) is 7.80. The zero-order valence-corrected chi connectivity index (χ0v) is 13.4. The molecule has 2 N–H and O–H groups in total. The third-order valence-electron chi connectivity index (χ3n) is 3.65. The van der Waals surface area contributed by atoms with Crippen LogP contribution in [0, 0.1) is 13.8 Å². The third-order valence-corrected chi connectivity index (χ3v) is 3.65. The van der Waals surface area contributed by atoms with Gasteiger partial charge in [0.15, 0.2) is 0 Å². The lowest BCUT2D eigenvalue weighted by Gasteiger charge is -2.21. The van der Waals surface area contributed by atoms with Crippen LogP contribution in [0.25, 0.3) is 0 Å². The summed E-state index contributed by atoms with van der Waals surface area (Å²) >= 11 is 0. The maximum absolute atomic E-state index is 5.54. The molecule has 4 heteroatoms. The molecule has 0 saturated carbocycles. The fraction of sp³-hybridized carbons (Fsp3) is 0.333. The Morgan fingerprint density at radius 3 is 1.95 bits per heavy atom. The first-order chi connectivity index (χ1) is 10.7. The molecule has 2 heterocycles. The van der Waals surface area contributed by atoms with E-state index < -0.39 is 0 Å². The topological polar surface area (TPSA) is 55.0 Å². The van der Waals surface area contributed by atoms with Gasteiger partial charge >= 0.3 is 0 Å². The monoisotopic (exact) mass is 296 g/mol. The molecule has 0 aliphatic carbocycles. The van der Waals surface area contributed by atoms with Crippen molar-refractivity contribution in [2.45, 2.75) is 26.9 Å². The van der Waals surface area contributed by atoms with Crippen LogP contribution < -0.4 is 5.73 Å². The Labute approximate surface area is 132 Å². The van der Waals surface area contributed by atoms with Crippen molar-refractivity contribution in [3.05, 3.63) is 71.3 Å². The van der Waals surface area contributed by atoms with Gasteiger partial charge in [0.25, 0.3) is 0 Å². The largest absolute Gasteiger partial charge is 0.327 e. The molecule has 0 aliphatic heterocycles. The summed E-state index contributed by atoms with van der Waals surface area (Å²) in [6.45, 7) is 7.21. The molecule has 0 aromatic carbocycles. The van der Waals surface area contributed by atoms with Gasteiger partial charge in [-0.1, -0.05) is 24.3 Å². The molecule has 0 aliphatic rings. The Kier molecular flexibility index (Phi) is 6.25. The first-order valence-corrected chi connectivity index (χ1v) is 7.59. The van der Waals surface area contributed by atoms with Crippen molar-refractivity contribution in [2.75, 3.05) is 13.1 Å². The van der Waals surface area contributed by atoms with Gasteiger partial charge in [-0.25, -0.2) is 0 Å². The lowest BCUT2D eigenvalue weighted by atomic mass is 10.1. The molecule has 4 nitrogen and oxygen atoms in total. The van der Waals surface area contributed by atoms with Gasteiger partial charge in [-0.2, -0.15) is 0 Å². The van der Waals surface area contributed by atoms with Crippen LogP contribution in [0.2, 0.25) is 0 Å². The van der Waals surface area contributed by atoms with Crippen molar-refractivity contribution in [1.82, 2.24) is 14.9 Å². The predicted octanol–water partition coefficient (Wildman–Crippen LogP) is 2.61. The van der Waals surface area contributed by atoms with Crippen LogP contribution in [0.4, 0.5) is 0 Å². The third kappa shape index (κ3) is 4.76. The van der Waals surface area contributed by atoms with Crippen molar-refractivity contribution in [1.29, 1.82) is 0 Å². The van der Waals surface area contributed by atoms with Gasteiger partial charge in [-0.15, -0.1) is 0 Å². The maximum Gasteiger partial charge on any atom is 0.0573 e. The molecule has 0 saturated heterocycles. The van der Waals surface area contributed by atoms with Gasteiger partial charge < -0.3 is 5.73 Å². The molecule has 22 heavy (non-hydrogen) atoms. The minimum Gasteiger partial charge on any atom is -0.327 e. The molecule has 0 radical (unpaired) electrons. The number of aryl methyl sites for hydroxylation is 2. The van der Waals surface area contributed by atoms with Crippen molar-refractivity contribution in [2.24, 2.45) is 5.73 Å². The van der Waals surface area contributed by atoms with E-state index in [4.69, 9.17) is 5.73 Å². The number of pyridine rings is 2. The van der Waals surface area contributed by atoms with E-state index in [1.165, 1.54) is 11.1 Å². The summed E-state index contributed by atoms with van der Waals surface area (Å²) < 4.78 is 0. The molecule has 0 atom stereocenters. The van der Waals surface area contributed by atoms with Gasteiger partial charge in [-0.05, 0) is 37.1 Å². The number of hydrogen-bond donors (Lipinski definition) is 1. The van der Waals surface area contributed by atoms with Crippen molar-refractivity contribution < 1.29 is 0 Å². The Bertz CT molecular complexity index is 574. The fourth-order valence-electron chi connectivity index (χ4n) is 2.30. The molecule has 0 unspecified atom stereocenters. The summed E-state index contributed by atoms with van der Waals surface area (Å²) in [5, 5.41) is 0. The minimum absolute atomic E-state index is 0.569. The highest BCUT2D eigenvalue weighted by atomic mass is 15.1. The van der Waals surface area contributed by atoms with Gasteiger partial charge in [0.05, 0.1) is 11.4 Å². The summed E-state index contributed by atoms with van der Waals surface area (Å²) in [6, 6.07) is 8.14. The Balaban J connectivity index is 2.14. The lowest BCUT2D eigenvalue weighted by molar-refractivity contribution is 0.277. The average molecular weight is 296 g/mol. The van der Waals surface area contributed by atoms with Crippen LogP contribution in [0.3, 0.4) is 0 Å². The normalized spacial score (nSPS) is 11.5. The van der Waals surface area contributed by atoms with E-state index in [1.54, 1.807) is 0 Å². The van der Waals surface area contributed by atoms with Crippen molar-refractivity contribution >= 4 is 0 Å². The standard InChI is InChI=1S/C18H24N4/c1-15-7-5-10-20-17(15)13-22(12-4-3-9-19)14-18-16(2)8-6-11-21-18/h3-8,10-11H,9,12-14,19H2,1-2H3/b4-3-.